The number of carbonyl (C=O) groups is 2. The van der Waals surface area contributed by atoms with Crippen LogP contribution in [0, 0.1) is 33.5 Å². The number of Topliss-reactive ketones (excluding diaryl/α,β-unsaturated/α-hetero) is 2. The number of anilines is 2. The van der Waals surface area contributed by atoms with Crippen LogP contribution in [0.5, 0.6) is 0 Å². The minimum Gasteiger partial charge on any atom is -0.412 e. The summed E-state index contributed by atoms with van der Waals surface area (Å²) in [6.07, 6.45) is 12.0. The molecule has 6 fully saturated rings. The summed E-state index contributed by atoms with van der Waals surface area (Å²) in [5, 5.41) is 0. The molecular weight excluding hydrogens is 813 g/mol. The number of rotatable bonds is 10. The number of nitrogen functional groups attached to an aromatic ring is 2. The molecule has 0 radical (unpaired) electrons. The molecule has 8 rings (SSSR count). The van der Waals surface area contributed by atoms with Crippen LogP contribution in [0.25, 0.3) is 0 Å². The molecule has 61 heavy (non-hydrogen) atoms. The van der Waals surface area contributed by atoms with Gasteiger partial charge in [-0.3, -0.25) is 19.4 Å². The second-order valence-electron chi connectivity index (χ2n) is 19.2. The quantitative estimate of drug-likeness (QED) is 0.167. The zero-order valence-electron chi connectivity index (χ0n) is 38.0. The van der Waals surface area contributed by atoms with Crippen molar-refractivity contribution in [1.29, 1.82) is 0 Å². The maximum absolute atomic E-state index is 11.8. The molecule has 8 N–H and O–H groups in total. The van der Waals surface area contributed by atoms with Gasteiger partial charge in [0.05, 0.1) is 25.4 Å². The van der Waals surface area contributed by atoms with Gasteiger partial charge in [0.1, 0.15) is 23.2 Å². The first-order valence-corrected chi connectivity index (χ1v) is 24.1. The van der Waals surface area contributed by atoms with Gasteiger partial charge in [-0.2, -0.15) is 0 Å². The Hall–Kier alpha value is -2.34. The zero-order valence-corrected chi connectivity index (χ0v) is 39.7. The summed E-state index contributed by atoms with van der Waals surface area (Å²) in [6.45, 7) is 23.3. The zero-order chi connectivity index (χ0) is 43.9. The topological polar surface area (TPSA) is 209 Å². The minimum atomic E-state index is -0.211. The highest BCUT2D eigenvalue weighted by atomic mass is 32.2. The third-order valence-corrected chi connectivity index (χ3v) is 16.7. The molecule has 0 amide bonds. The molecule has 15 heteroatoms. The lowest BCUT2D eigenvalue weighted by Gasteiger charge is -2.38. The molecule has 2 saturated heterocycles. The van der Waals surface area contributed by atoms with Gasteiger partial charge >= 0.3 is 0 Å². The summed E-state index contributed by atoms with van der Waals surface area (Å²) in [4.78, 5) is 36.9. The van der Waals surface area contributed by atoms with Gasteiger partial charge < -0.3 is 35.5 Å². The molecule has 0 aromatic carbocycles. The molecule has 8 atom stereocenters. The van der Waals surface area contributed by atoms with Crippen molar-refractivity contribution in [2.75, 3.05) is 62.4 Å². The Balaban J connectivity index is 0.000000179. The van der Waals surface area contributed by atoms with Crippen molar-refractivity contribution in [2.24, 2.45) is 33.5 Å². The molecule has 2 aromatic heterocycles. The lowest BCUT2D eigenvalue weighted by Crippen LogP contribution is -2.45. The Labute approximate surface area is 374 Å². The standard InChI is InChI=1S/2C13H21N3O.2C10H16O2S.H2O/c2*1-3-6-16-8-12(17-9-10(16)2)11-4-5-13(14)15-7-11;2*1-9(2)7-3-4-10(9,6-13-12)8(11)5-7;/h2*4-5,7,10,12H,3,6,8-9H2,1-2H3,(H2,14,15);2*7,12H,3-6H2,1-2H3;1H2/t10-,12?;10-,12-;;;/m00.../s1. The number of aromatic nitrogens is 2. The predicted octanol–water partition coefficient (Wildman–Crippen LogP) is 8.02. The van der Waals surface area contributed by atoms with Gasteiger partial charge in [0.15, 0.2) is 0 Å². The highest BCUT2D eigenvalue weighted by molar-refractivity contribution is 7.94. The highest BCUT2D eigenvalue weighted by Crippen LogP contribution is 2.65. The average Bonchev–Trinajstić information content (AvgIpc) is 3.76. The van der Waals surface area contributed by atoms with Gasteiger partial charge in [-0.05, 0) is 124 Å². The lowest BCUT2D eigenvalue weighted by atomic mass is 9.70. The van der Waals surface area contributed by atoms with E-state index in [1.54, 1.807) is 0 Å². The minimum absolute atomic E-state index is 0. The smallest absolute Gasteiger partial charge is 0.140 e. The summed E-state index contributed by atoms with van der Waals surface area (Å²) >= 11 is 1.67. The number of fused-ring (bicyclic) bond motifs is 4. The maximum atomic E-state index is 11.8. The number of ketones is 2. The number of ether oxygens (including phenoxy) is 2. The maximum Gasteiger partial charge on any atom is 0.140 e. The monoisotopic (exact) mass is 889 g/mol. The van der Waals surface area contributed by atoms with Crippen LogP contribution < -0.4 is 11.5 Å². The fourth-order valence-electron chi connectivity index (χ4n) is 10.9. The van der Waals surface area contributed by atoms with E-state index in [1.165, 1.54) is 25.7 Å². The molecule has 4 saturated carbocycles. The predicted molar refractivity (Wildman–Crippen MR) is 248 cm³/mol. The first-order chi connectivity index (χ1) is 28.5. The summed E-state index contributed by atoms with van der Waals surface area (Å²) in [7, 11) is 0. The van der Waals surface area contributed by atoms with E-state index in [-0.39, 0.29) is 39.3 Å². The van der Waals surface area contributed by atoms with Crippen molar-refractivity contribution in [3.8, 4) is 0 Å². The molecule has 4 aliphatic carbocycles. The molecule has 0 spiro atoms. The van der Waals surface area contributed by atoms with Crippen molar-refractivity contribution >= 4 is 47.3 Å². The Morgan fingerprint density at radius 3 is 1.34 bits per heavy atom. The molecule has 2 aromatic rings. The molecule has 344 valence electrons. The Morgan fingerprint density at radius 1 is 0.705 bits per heavy atom. The van der Waals surface area contributed by atoms with E-state index >= 15 is 0 Å². The Morgan fingerprint density at radius 2 is 1.08 bits per heavy atom. The summed E-state index contributed by atoms with van der Waals surface area (Å²) in [5.74, 6) is 4.20. The van der Waals surface area contributed by atoms with E-state index in [0.29, 0.717) is 58.6 Å². The van der Waals surface area contributed by atoms with Crippen LogP contribution >= 0.6 is 24.1 Å². The van der Waals surface area contributed by atoms with E-state index < -0.39 is 0 Å². The van der Waals surface area contributed by atoms with Gasteiger partial charge in [-0.15, -0.1) is 0 Å². The molecule has 5 unspecified atom stereocenters. The molecule has 4 bridgehead atoms. The fourth-order valence-corrected chi connectivity index (χ4v) is 12.7. The van der Waals surface area contributed by atoms with Crippen LogP contribution in [0.4, 0.5) is 11.6 Å². The van der Waals surface area contributed by atoms with Crippen LogP contribution in [0.3, 0.4) is 0 Å². The SMILES string of the molecule is CC1(C)C2CCC1(CSO)C(=O)C2.CC1(C)C2CCC1(CSO)C(=O)C2.CCCN1CC(c2ccc(N)nc2)OC[C@@H]1C.CCCN1C[C@@H](c2ccc(N)nc2)OC[C@@H]1C.O. The number of nitrogens with zero attached hydrogens (tertiary/aromatic N) is 4. The third-order valence-electron chi connectivity index (χ3n) is 15.4. The fraction of sp³-hybridized carbons (Fsp3) is 0.739. The van der Waals surface area contributed by atoms with Crippen LogP contribution in [-0.4, -0.2) is 109 Å². The summed E-state index contributed by atoms with van der Waals surface area (Å²) in [6, 6.07) is 8.70. The summed E-state index contributed by atoms with van der Waals surface area (Å²) < 4.78 is 29.7. The van der Waals surface area contributed by atoms with Gasteiger partial charge in [-0.1, -0.05) is 53.7 Å². The van der Waals surface area contributed by atoms with Crippen molar-refractivity contribution < 1.29 is 33.6 Å². The van der Waals surface area contributed by atoms with Gasteiger partial charge in [0.25, 0.3) is 0 Å². The van der Waals surface area contributed by atoms with E-state index in [2.05, 4.69) is 75.2 Å². The second kappa shape index (κ2) is 22.0. The molecule has 4 heterocycles. The van der Waals surface area contributed by atoms with Crippen molar-refractivity contribution in [2.45, 2.75) is 131 Å². The highest BCUT2D eigenvalue weighted by Gasteiger charge is 2.64. The van der Waals surface area contributed by atoms with Gasteiger partial charge in [0.2, 0.25) is 0 Å². The Kier molecular flexibility index (Phi) is 18.5. The third kappa shape index (κ3) is 11.0. The molecule has 13 nitrogen and oxygen atoms in total. The van der Waals surface area contributed by atoms with Gasteiger partial charge in [0, 0.05) is 83.9 Å². The lowest BCUT2D eigenvalue weighted by molar-refractivity contribution is -0.128. The number of hydrogen-bond donors (Lipinski definition) is 4. The van der Waals surface area contributed by atoms with Crippen LogP contribution in [0.1, 0.15) is 130 Å². The van der Waals surface area contributed by atoms with Crippen molar-refractivity contribution in [1.82, 2.24) is 19.8 Å². The number of hydrogen-bond acceptors (Lipinski definition) is 14. The number of nitrogens with two attached hydrogens (primary N) is 2. The van der Waals surface area contributed by atoms with E-state index in [9.17, 15) is 9.59 Å². The van der Waals surface area contributed by atoms with Crippen LogP contribution in [-0.2, 0) is 19.1 Å². The van der Waals surface area contributed by atoms with E-state index in [4.69, 9.17) is 30.0 Å². The van der Waals surface area contributed by atoms with Crippen molar-refractivity contribution in [3.63, 3.8) is 0 Å². The number of morpholine rings is 2. The average molecular weight is 889 g/mol. The largest absolute Gasteiger partial charge is 0.412 e. The number of carbonyl (C=O) groups excluding carboxylic acids is 2. The molecule has 2 aliphatic heterocycles. The molecular formula is C46H76N6O7S2. The summed E-state index contributed by atoms with van der Waals surface area (Å²) in [5.41, 5.74) is 13.2. The van der Waals surface area contributed by atoms with Crippen molar-refractivity contribution in [3.05, 3.63) is 47.8 Å². The van der Waals surface area contributed by atoms with Crippen LogP contribution in [0.2, 0.25) is 0 Å². The molecule has 6 aliphatic rings. The Bertz CT molecular complexity index is 1580. The van der Waals surface area contributed by atoms with Crippen LogP contribution in [0.15, 0.2) is 36.7 Å². The van der Waals surface area contributed by atoms with E-state index in [0.717, 1.165) is 100 Å². The number of pyridine rings is 2. The second-order valence-corrected chi connectivity index (χ2v) is 20.3. The first kappa shape index (κ1) is 51.3. The normalized spacial score (nSPS) is 32.2. The van der Waals surface area contributed by atoms with Gasteiger partial charge in [-0.25, -0.2) is 9.97 Å². The van der Waals surface area contributed by atoms with E-state index in [1.807, 2.05) is 36.7 Å². The first-order valence-electron chi connectivity index (χ1n) is 22.2.